The van der Waals surface area contributed by atoms with Crippen LogP contribution in [0.1, 0.15) is 16.7 Å². The first-order chi connectivity index (χ1) is 15.1. The molecule has 156 valence electrons. The number of carbonyl (C=O) groups excluding carboxylic acids is 1. The number of para-hydroxylation sites is 1. The Balaban J connectivity index is 1.50. The summed E-state index contributed by atoms with van der Waals surface area (Å²) >= 11 is 0. The molecule has 3 aromatic rings. The minimum atomic E-state index is -1.08. The van der Waals surface area contributed by atoms with Crippen LogP contribution >= 0.6 is 0 Å². The van der Waals surface area contributed by atoms with Crippen LogP contribution in [0.5, 0.6) is 17.2 Å². The molecule has 0 radical (unpaired) electrons. The van der Waals surface area contributed by atoms with E-state index in [0.29, 0.717) is 41.7 Å². The van der Waals surface area contributed by atoms with Crippen LogP contribution in [0, 0.1) is 11.6 Å². The fraction of sp³-hybridized carbons (Fsp3) is 0.208. The van der Waals surface area contributed by atoms with Crippen LogP contribution in [0.2, 0.25) is 0 Å². The van der Waals surface area contributed by atoms with E-state index in [4.69, 9.17) is 14.2 Å². The maximum absolute atomic E-state index is 14.4. The number of halogens is 2. The molecule has 7 heteroatoms. The normalized spacial score (nSPS) is 20.6. The maximum atomic E-state index is 14.4. The molecule has 0 saturated carbocycles. The molecule has 0 aromatic heterocycles. The number of rotatable bonds is 2. The van der Waals surface area contributed by atoms with Gasteiger partial charge in [0.25, 0.3) is 0 Å². The molecule has 1 unspecified atom stereocenters. The van der Waals surface area contributed by atoms with Crippen molar-refractivity contribution in [2.45, 2.75) is 12.0 Å². The van der Waals surface area contributed by atoms with Gasteiger partial charge in [0.1, 0.15) is 31.0 Å². The Morgan fingerprint density at radius 2 is 1.65 bits per heavy atom. The van der Waals surface area contributed by atoms with Crippen LogP contribution in [0.4, 0.5) is 14.5 Å². The lowest BCUT2D eigenvalue weighted by Crippen LogP contribution is -2.42. The van der Waals surface area contributed by atoms with E-state index < -0.39 is 17.0 Å². The Bertz CT molecular complexity index is 1240. The highest BCUT2D eigenvalue weighted by molar-refractivity contribution is 6.11. The lowest BCUT2D eigenvalue weighted by molar-refractivity contribution is -0.122. The van der Waals surface area contributed by atoms with Crippen molar-refractivity contribution in [1.82, 2.24) is 0 Å². The summed E-state index contributed by atoms with van der Waals surface area (Å²) in [6.07, 6.45) is 0. The predicted molar refractivity (Wildman–Crippen MR) is 108 cm³/mol. The highest BCUT2D eigenvalue weighted by Crippen LogP contribution is 2.55. The van der Waals surface area contributed by atoms with Crippen molar-refractivity contribution in [2.24, 2.45) is 0 Å². The van der Waals surface area contributed by atoms with Crippen molar-refractivity contribution in [3.8, 4) is 17.2 Å². The Morgan fingerprint density at radius 1 is 0.871 bits per heavy atom. The van der Waals surface area contributed by atoms with E-state index in [1.165, 1.54) is 17.0 Å². The third kappa shape index (κ3) is 2.43. The predicted octanol–water partition coefficient (Wildman–Crippen LogP) is 3.96. The van der Waals surface area contributed by atoms with Gasteiger partial charge in [0.2, 0.25) is 5.91 Å². The van der Waals surface area contributed by atoms with Gasteiger partial charge in [-0.2, -0.15) is 0 Å². The maximum Gasteiger partial charge on any atom is 0.246 e. The number of fused-ring (bicyclic) bond motifs is 5. The standard InChI is InChI=1S/C24H17F2NO4/c25-17-6-3-4-14(22(17)26)12-27-18-7-2-1-5-15(18)24(23(27)28)13-31-19-11-21-20(10-16(19)24)29-8-9-30-21/h1-7,10-11H,8-9,12-13H2. The summed E-state index contributed by atoms with van der Waals surface area (Å²) in [6.45, 7) is 0.908. The van der Waals surface area contributed by atoms with Crippen LogP contribution in [0.3, 0.4) is 0 Å². The first kappa shape index (κ1) is 18.2. The van der Waals surface area contributed by atoms with Gasteiger partial charge in [-0.3, -0.25) is 4.79 Å². The highest BCUT2D eigenvalue weighted by Gasteiger charge is 2.57. The third-order valence-corrected chi connectivity index (χ3v) is 6.17. The Hall–Kier alpha value is -3.61. The van der Waals surface area contributed by atoms with Crippen LogP contribution < -0.4 is 19.1 Å². The number of amides is 1. The van der Waals surface area contributed by atoms with Crippen molar-refractivity contribution in [3.05, 3.63) is 82.9 Å². The number of ether oxygens (including phenoxy) is 3. The van der Waals surface area contributed by atoms with E-state index in [2.05, 4.69) is 0 Å². The first-order valence-corrected chi connectivity index (χ1v) is 10.0. The summed E-state index contributed by atoms with van der Waals surface area (Å²) in [5, 5.41) is 0. The molecule has 3 aromatic carbocycles. The second kappa shape index (κ2) is 6.44. The van der Waals surface area contributed by atoms with E-state index in [-0.39, 0.29) is 24.6 Å². The van der Waals surface area contributed by atoms with Gasteiger partial charge in [0.05, 0.1) is 6.54 Å². The Kier molecular flexibility index (Phi) is 3.78. The van der Waals surface area contributed by atoms with Crippen LogP contribution in [-0.2, 0) is 16.8 Å². The zero-order valence-electron chi connectivity index (χ0n) is 16.4. The number of anilines is 1. The minimum absolute atomic E-state index is 0.0823. The molecular formula is C24H17F2NO4. The second-order valence-corrected chi connectivity index (χ2v) is 7.81. The number of carbonyl (C=O) groups is 1. The quantitative estimate of drug-likeness (QED) is 0.629. The number of benzene rings is 3. The molecule has 1 atom stereocenters. The molecule has 31 heavy (non-hydrogen) atoms. The molecule has 3 aliphatic rings. The largest absolute Gasteiger partial charge is 0.491 e. The summed E-state index contributed by atoms with van der Waals surface area (Å²) in [6, 6.07) is 14.9. The van der Waals surface area contributed by atoms with Crippen molar-refractivity contribution in [1.29, 1.82) is 0 Å². The molecule has 0 saturated heterocycles. The van der Waals surface area contributed by atoms with Crippen LogP contribution in [0.15, 0.2) is 54.6 Å². The fourth-order valence-corrected chi connectivity index (χ4v) is 4.71. The summed E-state index contributed by atoms with van der Waals surface area (Å²) in [4.78, 5) is 15.4. The van der Waals surface area contributed by atoms with Gasteiger partial charge >= 0.3 is 0 Å². The van der Waals surface area contributed by atoms with Crippen molar-refractivity contribution in [3.63, 3.8) is 0 Å². The molecule has 0 fully saturated rings. The zero-order valence-corrected chi connectivity index (χ0v) is 16.4. The number of nitrogens with zero attached hydrogens (tertiary/aromatic N) is 1. The summed E-state index contributed by atoms with van der Waals surface area (Å²) in [7, 11) is 0. The van der Waals surface area contributed by atoms with E-state index in [1.54, 1.807) is 12.1 Å². The summed E-state index contributed by atoms with van der Waals surface area (Å²) in [5.41, 5.74) is 1.15. The lowest BCUT2D eigenvalue weighted by atomic mass is 9.77. The third-order valence-electron chi connectivity index (χ3n) is 6.17. The molecule has 3 heterocycles. The average Bonchev–Trinajstić information content (AvgIpc) is 3.27. The van der Waals surface area contributed by atoms with Gasteiger partial charge in [-0.05, 0) is 23.8 Å². The van der Waals surface area contributed by atoms with Crippen molar-refractivity contribution < 1.29 is 27.8 Å². The van der Waals surface area contributed by atoms with E-state index in [0.717, 1.165) is 11.6 Å². The monoisotopic (exact) mass is 421 g/mol. The Morgan fingerprint density at radius 3 is 2.48 bits per heavy atom. The van der Waals surface area contributed by atoms with Gasteiger partial charge in [-0.15, -0.1) is 0 Å². The molecule has 6 rings (SSSR count). The van der Waals surface area contributed by atoms with Gasteiger partial charge in [-0.25, -0.2) is 8.78 Å². The second-order valence-electron chi connectivity index (χ2n) is 7.81. The van der Waals surface area contributed by atoms with E-state index in [1.807, 2.05) is 24.3 Å². The van der Waals surface area contributed by atoms with Crippen molar-refractivity contribution >= 4 is 11.6 Å². The first-order valence-electron chi connectivity index (χ1n) is 10.0. The molecular weight excluding hydrogens is 404 g/mol. The molecule has 5 nitrogen and oxygen atoms in total. The van der Waals surface area contributed by atoms with Crippen LogP contribution in [-0.4, -0.2) is 25.7 Å². The molecule has 3 aliphatic heterocycles. The number of hydrogen-bond acceptors (Lipinski definition) is 4. The number of hydrogen-bond donors (Lipinski definition) is 0. The van der Waals surface area contributed by atoms with Crippen LogP contribution in [0.25, 0.3) is 0 Å². The smallest absolute Gasteiger partial charge is 0.246 e. The molecule has 0 bridgehead atoms. The molecule has 1 spiro atoms. The molecule has 0 aliphatic carbocycles. The van der Waals surface area contributed by atoms with Gasteiger partial charge in [0.15, 0.2) is 23.1 Å². The molecule has 0 N–H and O–H groups in total. The highest BCUT2D eigenvalue weighted by atomic mass is 19.2. The lowest BCUT2D eigenvalue weighted by Gasteiger charge is -2.24. The Labute approximate surface area is 176 Å². The van der Waals surface area contributed by atoms with Gasteiger partial charge in [-0.1, -0.05) is 30.3 Å². The SMILES string of the molecule is O=C1N(Cc2cccc(F)c2F)c2ccccc2C12COc1cc3c(cc12)OCCO3. The zero-order chi connectivity index (χ0) is 21.2. The van der Waals surface area contributed by atoms with Gasteiger partial charge < -0.3 is 19.1 Å². The van der Waals surface area contributed by atoms with Crippen molar-refractivity contribution in [2.75, 3.05) is 24.7 Å². The fourth-order valence-electron chi connectivity index (χ4n) is 4.71. The molecule has 1 amide bonds. The topological polar surface area (TPSA) is 48.0 Å². The van der Waals surface area contributed by atoms with Gasteiger partial charge in [0, 0.05) is 22.9 Å². The average molecular weight is 421 g/mol. The minimum Gasteiger partial charge on any atom is -0.491 e. The van der Waals surface area contributed by atoms with E-state index >= 15 is 0 Å². The van der Waals surface area contributed by atoms with E-state index in [9.17, 15) is 13.6 Å². The summed E-state index contributed by atoms with van der Waals surface area (Å²) < 4.78 is 45.5. The summed E-state index contributed by atoms with van der Waals surface area (Å²) in [5.74, 6) is -0.421.